The fraction of sp³-hybridized carbons (Fsp3) is 0.0556. The topological polar surface area (TPSA) is 42.2 Å². The Morgan fingerprint density at radius 1 is 1.13 bits per heavy atom. The van der Waals surface area contributed by atoms with Gasteiger partial charge in [-0.05, 0) is 55.0 Å². The molecule has 3 rings (SSSR count). The first-order chi connectivity index (χ1) is 11.0. The molecule has 0 fully saturated rings. The standard InChI is InChI=1S/C18H13BrClNO2/c1-11-9-13(19)5-6-15(11)21-18(22)17-8-7-16(23-17)12-3-2-4-14(20)10-12/h2-10H,1H3,(H,21,22). The monoisotopic (exact) mass is 389 g/mol. The highest BCUT2D eigenvalue weighted by Crippen LogP contribution is 2.26. The molecule has 3 nitrogen and oxygen atoms in total. The molecule has 0 unspecified atom stereocenters. The van der Waals surface area contributed by atoms with Crippen LogP contribution in [0.4, 0.5) is 5.69 Å². The van der Waals surface area contributed by atoms with Crippen LogP contribution in [0.2, 0.25) is 5.02 Å². The van der Waals surface area contributed by atoms with E-state index in [9.17, 15) is 4.79 Å². The lowest BCUT2D eigenvalue weighted by atomic mass is 10.2. The second-order valence-corrected chi connectivity index (χ2v) is 6.44. The summed E-state index contributed by atoms with van der Waals surface area (Å²) < 4.78 is 6.61. The third kappa shape index (κ3) is 3.66. The predicted octanol–water partition coefficient (Wildman–Crippen LogP) is 5.92. The van der Waals surface area contributed by atoms with Gasteiger partial charge in [0, 0.05) is 20.7 Å². The highest BCUT2D eigenvalue weighted by Gasteiger charge is 2.13. The van der Waals surface area contributed by atoms with Gasteiger partial charge in [0.15, 0.2) is 5.76 Å². The summed E-state index contributed by atoms with van der Waals surface area (Å²) in [6.45, 7) is 1.93. The van der Waals surface area contributed by atoms with Gasteiger partial charge in [-0.2, -0.15) is 0 Å². The van der Waals surface area contributed by atoms with Gasteiger partial charge in [0.1, 0.15) is 5.76 Å². The van der Waals surface area contributed by atoms with Gasteiger partial charge in [0.05, 0.1) is 0 Å². The Morgan fingerprint density at radius 3 is 2.70 bits per heavy atom. The van der Waals surface area contributed by atoms with E-state index in [0.29, 0.717) is 10.8 Å². The number of anilines is 1. The quantitative estimate of drug-likeness (QED) is 0.603. The molecule has 23 heavy (non-hydrogen) atoms. The first-order valence-electron chi connectivity index (χ1n) is 6.96. The van der Waals surface area contributed by atoms with E-state index < -0.39 is 0 Å². The first kappa shape index (κ1) is 15.8. The van der Waals surface area contributed by atoms with Crippen LogP contribution in [-0.4, -0.2) is 5.91 Å². The molecule has 0 spiro atoms. The fourth-order valence-electron chi connectivity index (χ4n) is 2.21. The van der Waals surface area contributed by atoms with Gasteiger partial charge in [-0.3, -0.25) is 4.79 Å². The Balaban J connectivity index is 1.81. The van der Waals surface area contributed by atoms with E-state index >= 15 is 0 Å². The third-order valence-corrected chi connectivity index (χ3v) is 4.10. The molecule has 0 atom stereocenters. The number of nitrogens with one attached hydrogen (secondary N) is 1. The lowest BCUT2D eigenvalue weighted by Gasteiger charge is -2.07. The molecule has 2 aromatic carbocycles. The van der Waals surface area contributed by atoms with Crippen LogP contribution in [0.5, 0.6) is 0 Å². The van der Waals surface area contributed by atoms with E-state index in [1.807, 2.05) is 37.3 Å². The molecule has 116 valence electrons. The first-order valence-corrected chi connectivity index (χ1v) is 8.13. The van der Waals surface area contributed by atoms with Gasteiger partial charge in [0.2, 0.25) is 0 Å². The Hall–Kier alpha value is -2.04. The lowest BCUT2D eigenvalue weighted by molar-refractivity contribution is 0.0997. The van der Waals surface area contributed by atoms with E-state index in [1.165, 1.54) is 0 Å². The minimum absolute atomic E-state index is 0.252. The number of halogens is 2. The average molecular weight is 391 g/mol. The number of rotatable bonds is 3. The zero-order valence-electron chi connectivity index (χ0n) is 12.3. The molecule has 3 aromatic rings. The third-order valence-electron chi connectivity index (χ3n) is 3.38. The summed E-state index contributed by atoms with van der Waals surface area (Å²) in [6.07, 6.45) is 0. The van der Waals surface area contributed by atoms with Gasteiger partial charge in [-0.1, -0.05) is 39.7 Å². The zero-order valence-corrected chi connectivity index (χ0v) is 14.6. The second-order valence-electron chi connectivity index (χ2n) is 5.09. The molecule has 0 aliphatic rings. The second kappa shape index (κ2) is 6.60. The molecule has 0 bridgehead atoms. The Bertz CT molecular complexity index is 873. The minimum atomic E-state index is -0.288. The highest BCUT2D eigenvalue weighted by atomic mass is 79.9. The summed E-state index contributed by atoms with van der Waals surface area (Å²) >= 11 is 9.38. The molecule has 0 saturated heterocycles. The summed E-state index contributed by atoms with van der Waals surface area (Å²) in [4.78, 5) is 12.3. The fourth-order valence-corrected chi connectivity index (χ4v) is 2.87. The van der Waals surface area contributed by atoms with Crippen LogP contribution in [0.1, 0.15) is 16.1 Å². The predicted molar refractivity (Wildman–Crippen MR) is 96.0 cm³/mol. The number of carbonyl (C=O) groups is 1. The van der Waals surface area contributed by atoms with Crippen molar-refractivity contribution in [3.63, 3.8) is 0 Å². The van der Waals surface area contributed by atoms with E-state index in [0.717, 1.165) is 21.3 Å². The number of amides is 1. The Morgan fingerprint density at radius 2 is 1.96 bits per heavy atom. The molecule has 5 heteroatoms. The van der Waals surface area contributed by atoms with E-state index in [2.05, 4.69) is 21.2 Å². The summed E-state index contributed by atoms with van der Waals surface area (Å²) in [5.74, 6) is 0.566. The van der Waals surface area contributed by atoms with Crippen molar-refractivity contribution in [2.75, 3.05) is 5.32 Å². The number of furan rings is 1. The molecule has 1 aromatic heterocycles. The molecular formula is C18H13BrClNO2. The van der Waals surface area contributed by atoms with Crippen LogP contribution in [0, 0.1) is 6.92 Å². The average Bonchev–Trinajstić information content (AvgIpc) is 3.00. The summed E-state index contributed by atoms with van der Waals surface area (Å²) in [5.41, 5.74) is 2.55. The van der Waals surface area contributed by atoms with Gasteiger partial charge in [0.25, 0.3) is 5.91 Å². The molecule has 0 saturated carbocycles. The maximum Gasteiger partial charge on any atom is 0.291 e. The normalized spacial score (nSPS) is 10.6. The van der Waals surface area contributed by atoms with Crippen LogP contribution in [0.25, 0.3) is 11.3 Å². The van der Waals surface area contributed by atoms with Gasteiger partial charge in [-0.25, -0.2) is 0 Å². The molecule has 1 N–H and O–H groups in total. The van der Waals surface area contributed by atoms with Gasteiger partial charge >= 0.3 is 0 Å². The van der Waals surface area contributed by atoms with Crippen molar-refractivity contribution in [2.45, 2.75) is 6.92 Å². The van der Waals surface area contributed by atoms with Crippen LogP contribution in [0.3, 0.4) is 0 Å². The van der Waals surface area contributed by atoms with Crippen LogP contribution < -0.4 is 5.32 Å². The summed E-state index contributed by atoms with van der Waals surface area (Å²) in [6, 6.07) is 16.4. The van der Waals surface area contributed by atoms with Crippen LogP contribution in [-0.2, 0) is 0 Å². The van der Waals surface area contributed by atoms with E-state index in [1.54, 1.807) is 24.3 Å². The van der Waals surface area contributed by atoms with E-state index in [4.69, 9.17) is 16.0 Å². The lowest BCUT2D eigenvalue weighted by Crippen LogP contribution is -2.11. The minimum Gasteiger partial charge on any atom is -0.451 e. The van der Waals surface area contributed by atoms with Crippen molar-refractivity contribution in [1.82, 2.24) is 0 Å². The number of carbonyl (C=O) groups excluding carboxylic acids is 1. The maximum atomic E-state index is 12.3. The molecule has 1 amide bonds. The number of hydrogen-bond donors (Lipinski definition) is 1. The maximum absolute atomic E-state index is 12.3. The number of benzene rings is 2. The Labute approximate surface area is 147 Å². The number of aryl methyl sites for hydroxylation is 1. The summed E-state index contributed by atoms with van der Waals surface area (Å²) in [5, 5.41) is 3.47. The van der Waals surface area contributed by atoms with Crippen molar-refractivity contribution in [3.05, 3.63) is 75.4 Å². The highest BCUT2D eigenvalue weighted by molar-refractivity contribution is 9.10. The van der Waals surface area contributed by atoms with Crippen molar-refractivity contribution < 1.29 is 9.21 Å². The number of hydrogen-bond acceptors (Lipinski definition) is 2. The van der Waals surface area contributed by atoms with Crippen molar-refractivity contribution in [3.8, 4) is 11.3 Å². The Kier molecular flexibility index (Phi) is 4.55. The summed E-state index contributed by atoms with van der Waals surface area (Å²) in [7, 11) is 0. The molecule has 0 aliphatic heterocycles. The SMILES string of the molecule is Cc1cc(Br)ccc1NC(=O)c1ccc(-c2cccc(Cl)c2)o1. The molecule has 1 heterocycles. The van der Waals surface area contributed by atoms with Crippen LogP contribution >= 0.6 is 27.5 Å². The van der Waals surface area contributed by atoms with Crippen molar-refractivity contribution >= 4 is 39.1 Å². The molecular weight excluding hydrogens is 378 g/mol. The van der Waals surface area contributed by atoms with Gasteiger partial charge < -0.3 is 9.73 Å². The van der Waals surface area contributed by atoms with Crippen molar-refractivity contribution in [1.29, 1.82) is 0 Å². The van der Waals surface area contributed by atoms with Crippen LogP contribution in [0.15, 0.2) is 63.5 Å². The van der Waals surface area contributed by atoms with Crippen molar-refractivity contribution in [2.24, 2.45) is 0 Å². The van der Waals surface area contributed by atoms with Gasteiger partial charge in [-0.15, -0.1) is 0 Å². The molecule has 0 aliphatic carbocycles. The molecule has 0 radical (unpaired) electrons. The smallest absolute Gasteiger partial charge is 0.291 e. The zero-order chi connectivity index (χ0) is 16.4. The van der Waals surface area contributed by atoms with E-state index in [-0.39, 0.29) is 11.7 Å². The largest absolute Gasteiger partial charge is 0.451 e.